The summed E-state index contributed by atoms with van der Waals surface area (Å²) in [5, 5.41) is 6.79. The van der Waals surface area contributed by atoms with Gasteiger partial charge in [0.15, 0.2) is 11.5 Å². The van der Waals surface area contributed by atoms with Crippen LogP contribution in [0.25, 0.3) is 11.4 Å². The lowest BCUT2D eigenvalue weighted by Crippen LogP contribution is -2.30. The van der Waals surface area contributed by atoms with Crippen molar-refractivity contribution in [1.82, 2.24) is 20.4 Å². The molecule has 1 atom stereocenters. The van der Waals surface area contributed by atoms with Gasteiger partial charge in [0, 0.05) is 30.8 Å². The van der Waals surface area contributed by atoms with Crippen molar-refractivity contribution >= 4 is 11.9 Å². The lowest BCUT2D eigenvalue weighted by atomic mass is 10.0. The van der Waals surface area contributed by atoms with E-state index in [-0.39, 0.29) is 25.2 Å². The zero-order chi connectivity index (χ0) is 22.9. The van der Waals surface area contributed by atoms with E-state index >= 15 is 0 Å². The first kappa shape index (κ1) is 22.7. The Balaban J connectivity index is 1.66. The number of amides is 1. The van der Waals surface area contributed by atoms with Crippen LogP contribution in [0, 0.1) is 0 Å². The summed E-state index contributed by atoms with van der Waals surface area (Å²) >= 11 is 0. The third kappa shape index (κ3) is 5.81. The van der Waals surface area contributed by atoms with Gasteiger partial charge in [-0.3, -0.25) is 14.6 Å². The molecule has 168 valence electrons. The number of methoxy groups -OCH3 is 3. The molecule has 0 saturated carbocycles. The topological polar surface area (TPSA) is 126 Å². The van der Waals surface area contributed by atoms with Crippen molar-refractivity contribution in [3.05, 3.63) is 54.2 Å². The number of aromatic nitrogens is 3. The minimum Gasteiger partial charge on any atom is -0.493 e. The number of rotatable bonds is 10. The molecule has 3 aromatic rings. The Hall–Kier alpha value is -3.95. The van der Waals surface area contributed by atoms with Gasteiger partial charge in [0.25, 0.3) is 0 Å². The molecule has 32 heavy (non-hydrogen) atoms. The SMILES string of the molecule is COC(=O)CC(NC(=O)CCc1nc(-c2ccncc2)no1)c1ccc(OC)c(OC)c1. The summed E-state index contributed by atoms with van der Waals surface area (Å²) < 4.78 is 20.6. The number of benzene rings is 1. The third-order valence-corrected chi connectivity index (χ3v) is 4.72. The molecule has 2 heterocycles. The highest BCUT2D eigenvalue weighted by molar-refractivity contribution is 5.78. The molecule has 0 saturated heterocycles. The van der Waals surface area contributed by atoms with Gasteiger partial charge < -0.3 is 24.1 Å². The second-order valence-electron chi connectivity index (χ2n) is 6.76. The van der Waals surface area contributed by atoms with E-state index in [0.717, 1.165) is 5.56 Å². The van der Waals surface area contributed by atoms with Gasteiger partial charge in [0.2, 0.25) is 17.6 Å². The molecule has 0 fully saturated rings. The molecule has 10 heteroatoms. The fraction of sp³-hybridized carbons (Fsp3) is 0.318. The third-order valence-electron chi connectivity index (χ3n) is 4.72. The summed E-state index contributed by atoms with van der Waals surface area (Å²) in [6, 6.07) is 8.11. The van der Waals surface area contributed by atoms with Crippen LogP contribution in [0.5, 0.6) is 11.5 Å². The molecule has 0 aliphatic rings. The van der Waals surface area contributed by atoms with Crippen LogP contribution in [-0.4, -0.2) is 48.3 Å². The van der Waals surface area contributed by atoms with Crippen LogP contribution in [0.1, 0.15) is 30.3 Å². The molecule has 1 amide bonds. The van der Waals surface area contributed by atoms with Crippen LogP contribution in [0.3, 0.4) is 0 Å². The number of esters is 1. The summed E-state index contributed by atoms with van der Waals surface area (Å²) in [7, 11) is 4.34. The first-order chi connectivity index (χ1) is 15.5. The van der Waals surface area contributed by atoms with E-state index in [1.807, 2.05) is 0 Å². The van der Waals surface area contributed by atoms with Crippen molar-refractivity contribution in [2.24, 2.45) is 0 Å². The van der Waals surface area contributed by atoms with Crippen molar-refractivity contribution in [2.45, 2.75) is 25.3 Å². The standard InChI is InChI=1S/C22H24N4O6/c1-29-17-5-4-15(12-18(17)30-2)16(13-21(28)31-3)24-19(27)6-7-20-25-22(26-32-20)14-8-10-23-11-9-14/h4-5,8-12,16H,6-7,13H2,1-3H3,(H,24,27). The van der Waals surface area contributed by atoms with Gasteiger partial charge in [-0.05, 0) is 29.8 Å². The van der Waals surface area contributed by atoms with Crippen molar-refractivity contribution in [2.75, 3.05) is 21.3 Å². The van der Waals surface area contributed by atoms with Gasteiger partial charge in [-0.2, -0.15) is 4.98 Å². The number of carbonyl (C=O) groups is 2. The smallest absolute Gasteiger partial charge is 0.307 e. The zero-order valence-corrected chi connectivity index (χ0v) is 18.0. The number of nitrogens with zero attached hydrogens (tertiary/aromatic N) is 3. The molecule has 0 spiro atoms. The largest absolute Gasteiger partial charge is 0.493 e. The first-order valence-electron chi connectivity index (χ1n) is 9.85. The summed E-state index contributed by atoms with van der Waals surface area (Å²) in [6.07, 6.45) is 3.58. The van der Waals surface area contributed by atoms with Gasteiger partial charge in [0.05, 0.1) is 33.8 Å². The molecule has 0 bridgehead atoms. The van der Waals surface area contributed by atoms with Gasteiger partial charge in [-0.15, -0.1) is 0 Å². The molecule has 2 aromatic heterocycles. The predicted molar refractivity (Wildman–Crippen MR) is 113 cm³/mol. The Kier molecular flexibility index (Phi) is 7.74. The van der Waals surface area contributed by atoms with E-state index in [2.05, 4.69) is 20.4 Å². The number of hydrogen-bond acceptors (Lipinski definition) is 9. The van der Waals surface area contributed by atoms with E-state index in [1.54, 1.807) is 42.7 Å². The summed E-state index contributed by atoms with van der Waals surface area (Å²) in [4.78, 5) is 32.8. The molecule has 0 aliphatic carbocycles. The Bertz CT molecular complexity index is 1050. The molecule has 1 N–H and O–H groups in total. The number of hydrogen-bond donors (Lipinski definition) is 1. The highest BCUT2D eigenvalue weighted by atomic mass is 16.5. The molecular formula is C22H24N4O6. The van der Waals surface area contributed by atoms with Crippen molar-refractivity contribution in [3.8, 4) is 22.9 Å². The van der Waals surface area contributed by atoms with Crippen LogP contribution in [0.4, 0.5) is 0 Å². The van der Waals surface area contributed by atoms with E-state index < -0.39 is 12.0 Å². The Morgan fingerprint density at radius 2 is 1.81 bits per heavy atom. The van der Waals surface area contributed by atoms with E-state index in [0.29, 0.717) is 28.8 Å². The van der Waals surface area contributed by atoms with Crippen LogP contribution in [0.2, 0.25) is 0 Å². The minimum absolute atomic E-state index is 0.0372. The maximum atomic E-state index is 12.6. The quantitative estimate of drug-likeness (QED) is 0.473. The van der Waals surface area contributed by atoms with Gasteiger partial charge in [-0.1, -0.05) is 11.2 Å². The minimum atomic E-state index is -0.607. The van der Waals surface area contributed by atoms with Gasteiger partial charge >= 0.3 is 5.97 Å². The highest BCUT2D eigenvalue weighted by Crippen LogP contribution is 2.31. The maximum absolute atomic E-state index is 12.6. The zero-order valence-electron chi connectivity index (χ0n) is 18.0. The predicted octanol–water partition coefficient (Wildman–Crippen LogP) is 2.50. The number of carbonyl (C=O) groups excluding carboxylic acids is 2. The Labute approximate surface area is 184 Å². The van der Waals surface area contributed by atoms with Gasteiger partial charge in [-0.25, -0.2) is 0 Å². The fourth-order valence-electron chi connectivity index (χ4n) is 3.03. The van der Waals surface area contributed by atoms with Crippen molar-refractivity contribution < 1.29 is 28.3 Å². The Morgan fingerprint density at radius 1 is 1.06 bits per heavy atom. The normalized spacial score (nSPS) is 11.5. The molecular weight excluding hydrogens is 416 g/mol. The average Bonchev–Trinajstić information content (AvgIpc) is 3.31. The van der Waals surface area contributed by atoms with Crippen LogP contribution >= 0.6 is 0 Å². The number of pyridine rings is 1. The second-order valence-corrected chi connectivity index (χ2v) is 6.76. The summed E-state index contributed by atoms with van der Waals surface area (Å²) in [5.74, 6) is 1.06. The van der Waals surface area contributed by atoms with E-state index in [9.17, 15) is 9.59 Å². The van der Waals surface area contributed by atoms with E-state index in [4.69, 9.17) is 18.7 Å². The second kappa shape index (κ2) is 10.9. The highest BCUT2D eigenvalue weighted by Gasteiger charge is 2.21. The number of nitrogens with one attached hydrogen (secondary N) is 1. The molecule has 0 radical (unpaired) electrons. The fourth-order valence-corrected chi connectivity index (χ4v) is 3.03. The maximum Gasteiger partial charge on any atom is 0.307 e. The molecule has 1 unspecified atom stereocenters. The monoisotopic (exact) mass is 440 g/mol. The van der Waals surface area contributed by atoms with Crippen LogP contribution < -0.4 is 14.8 Å². The molecule has 0 aliphatic heterocycles. The van der Waals surface area contributed by atoms with E-state index in [1.165, 1.54) is 21.3 Å². The molecule has 1 aromatic carbocycles. The lowest BCUT2D eigenvalue weighted by molar-refractivity contribution is -0.141. The van der Waals surface area contributed by atoms with Crippen molar-refractivity contribution in [1.29, 1.82) is 0 Å². The van der Waals surface area contributed by atoms with Crippen molar-refractivity contribution in [3.63, 3.8) is 0 Å². The summed E-state index contributed by atoms with van der Waals surface area (Å²) in [6.45, 7) is 0. The van der Waals surface area contributed by atoms with Gasteiger partial charge in [0.1, 0.15) is 0 Å². The Morgan fingerprint density at radius 3 is 2.50 bits per heavy atom. The number of aryl methyl sites for hydroxylation is 1. The molecule has 10 nitrogen and oxygen atoms in total. The lowest BCUT2D eigenvalue weighted by Gasteiger charge is -2.19. The molecule has 3 rings (SSSR count). The van der Waals surface area contributed by atoms with Crippen LogP contribution in [0.15, 0.2) is 47.2 Å². The number of ether oxygens (including phenoxy) is 3. The summed E-state index contributed by atoms with van der Waals surface area (Å²) in [5.41, 5.74) is 1.45. The first-order valence-corrected chi connectivity index (χ1v) is 9.85. The average molecular weight is 440 g/mol. The van der Waals surface area contributed by atoms with Crippen LogP contribution in [-0.2, 0) is 20.7 Å².